The smallest absolute Gasteiger partial charge is 0.240 e. The first-order chi connectivity index (χ1) is 12.2. The largest absolute Gasteiger partial charge is 0.497 e. The minimum Gasteiger partial charge on any atom is -0.497 e. The first-order valence-corrected chi connectivity index (χ1v) is 8.74. The fourth-order valence-electron chi connectivity index (χ4n) is 2.50. The molecule has 0 aliphatic heterocycles. The highest BCUT2D eigenvalue weighted by Crippen LogP contribution is 2.22. The Morgan fingerprint density at radius 2 is 2.00 bits per heavy atom. The van der Waals surface area contributed by atoms with E-state index >= 15 is 0 Å². The summed E-state index contributed by atoms with van der Waals surface area (Å²) < 4.78 is 5.16. The first kappa shape index (κ1) is 18.7. The summed E-state index contributed by atoms with van der Waals surface area (Å²) in [6, 6.07) is 7.66. The topological polar surface area (TPSA) is 79.4 Å². The van der Waals surface area contributed by atoms with Crippen molar-refractivity contribution in [1.29, 1.82) is 0 Å². The van der Waals surface area contributed by atoms with Gasteiger partial charge in [-0.2, -0.15) is 10.2 Å². The van der Waals surface area contributed by atoms with Gasteiger partial charge in [-0.05, 0) is 30.7 Å². The molecule has 0 aliphatic carbocycles. The van der Waals surface area contributed by atoms with Crippen LogP contribution in [0, 0.1) is 0 Å². The number of unbranched alkanes of at least 4 members (excludes halogenated alkanes) is 4. The molecule has 134 valence electrons. The lowest BCUT2D eigenvalue weighted by molar-refractivity contribution is -0.121. The van der Waals surface area contributed by atoms with Crippen molar-refractivity contribution in [3.63, 3.8) is 0 Å². The van der Waals surface area contributed by atoms with E-state index in [2.05, 4.69) is 27.6 Å². The number of ether oxygens (including phenoxy) is 1. The fraction of sp³-hybridized carbons (Fsp3) is 0.421. The van der Waals surface area contributed by atoms with Crippen molar-refractivity contribution < 1.29 is 9.53 Å². The molecule has 6 nitrogen and oxygen atoms in total. The molecule has 1 amide bonds. The van der Waals surface area contributed by atoms with E-state index in [1.807, 2.05) is 24.3 Å². The number of benzene rings is 1. The van der Waals surface area contributed by atoms with E-state index in [0.29, 0.717) is 6.42 Å². The summed E-state index contributed by atoms with van der Waals surface area (Å²) in [5.74, 6) is 0.743. The summed E-state index contributed by atoms with van der Waals surface area (Å²) in [7, 11) is 1.63. The Kier molecular flexibility index (Phi) is 7.69. The lowest BCUT2D eigenvalue weighted by atomic mass is 10.1. The summed E-state index contributed by atoms with van der Waals surface area (Å²) in [5, 5.41) is 11.1. The molecule has 0 atom stereocenters. The maximum absolute atomic E-state index is 11.8. The van der Waals surface area contributed by atoms with E-state index in [1.165, 1.54) is 19.3 Å². The molecule has 0 radical (unpaired) electrons. The lowest BCUT2D eigenvalue weighted by Gasteiger charge is -2.03. The molecule has 1 heterocycles. The van der Waals surface area contributed by atoms with Crippen LogP contribution in [0.4, 0.5) is 0 Å². The minimum atomic E-state index is -0.0535. The highest BCUT2D eigenvalue weighted by molar-refractivity contribution is 5.89. The predicted molar refractivity (Wildman–Crippen MR) is 99.7 cm³/mol. The Morgan fingerprint density at radius 1 is 1.24 bits per heavy atom. The number of aromatic nitrogens is 2. The van der Waals surface area contributed by atoms with Gasteiger partial charge < -0.3 is 4.74 Å². The molecule has 0 unspecified atom stereocenters. The third kappa shape index (κ3) is 6.06. The molecule has 0 fully saturated rings. The molecule has 0 bridgehead atoms. The third-order valence-electron chi connectivity index (χ3n) is 3.95. The molecule has 0 saturated heterocycles. The van der Waals surface area contributed by atoms with Crippen molar-refractivity contribution in [2.75, 3.05) is 7.11 Å². The van der Waals surface area contributed by atoms with E-state index in [9.17, 15) is 4.79 Å². The van der Waals surface area contributed by atoms with Crippen LogP contribution >= 0.6 is 0 Å². The number of hydrogen-bond acceptors (Lipinski definition) is 4. The average molecular weight is 342 g/mol. The van der Waals surface area contributed by atoms with Crippen molar-refractivity contribution in [2.24, 2.45) is 5.10 Å². The third-order valence-corrected chi connectivity index (χ3v) is 3.95. The van der Waals surface area contributed by atoms with Gasteiger partial charge in [0, 0.05) is 17.5 Å². The van der Waals surface area contributed by atoms with Crippen LogP contribution in [0.2, 0.25) is 0 Å². The van der Waals surface area contributed by atoms with Crippen molar-refractivity contribution in [3.8, 4) is 17.0 Å². The Bertz CT molecular complexity index is 677. The van der Waals surface area contributed by atoms with Crippen LogP contribution in [0.25, 0.3) is 11.3 Å². The molecule has 2 aromatic rings. The Labute approximate surface area is 148 Å². The number of carbonyl (C=O) groups excluding carboxylic acids is 1. The summed E-state index contributed by atoms with van der Waals surface area (Å²) in [4.78, 5) is 11.8. The Hall–Kier alpha value is -2.63. The normalized spacial score (nSPS) is 11.0. The molecule has 1 aromatic heterocycles. The number of nitrogens with one attached hydrogen (secondary N) is 2. The molecule has 6 heteroatoms. The van der Waals surface area contributed by atoms with Crippen molar-refractivity contribution >= 4 is 12.1 Å². The van der Waals surface area contributed by atoms with E-state index in [4.69, 9.17) is 4.74 Å². The van der Waals surface area contributed by atoms with Gasteiger partial charge in [0.2, 0.25) is 5.91 Å². The minimum absolute atomic E-state index is 0.0535. The van der Waals surface area contributed by atoms with Crippen molar-refractivity contribution in [1.82, 2.24) is 15.6 Å². The SMILES string of the molecule is CCCCCCCC(=O)NN=Cc1cn[nH]c1-c1ccc(OC)cc1. The summed E-state index contributed by atoms with van der Waals surface area (Å²) in [6.07, 6.45) is 9.42. The van der Waals surface area contributed by atoms with E-state index in [-0.39, 0.29) is 5.91 Å². The number of methoxy groups -OCH3 is 1. The Balaban J connectivity index is 1.85. The number of nitrogens with zero attached hydrogens (tertiary/aromatic N) is 2. The highest BCUT2D eigenvalue weighted by atomic mass is 16.5. The first-order valence-electron chi connectivity index (χ1n) is 8.74. The summed E-state index contributed by atoms with van der Waals surface area (Å²) in [6.45, 7) is 2.18. The number of hydrogen-bond donors (Lipinski definition) is 2. The quantitative estimate of drug-likeness (QED) is 0.390. The van der Waals surface area contributed by atoms with E-state index in [1.54, 1.807) is 19.5 Å². The van der Waals surface area contributed by atoms with Crippen LogP contribution in [0.3, 0.4) is 0 Å². The van der Waals surface area contributed by atoms with Crippen LogP contribution in [-0.4, -0.2) is 29.4 Å². The van der Waals surface area contributed by atoms with Crippen molar-refractivity contribution in [2.45, 2.75) is 45.4 Å². The van der Waals surface area contributed by atoms with Gasteiger partial charge >= 0.3 is 0 Å². The predicted octanol–water partition coefficient (Wildman–Crippen LogP) is 3.90. The average Bonchev–Trinajstić information content (AvgIpc) is 3.10. The van der Waals surface area contributed by atoms with E-state index in [0.717, 1.165) is 35.4 Å². The van der Waals surface area contributed by atoms with Crippen LogP contribution in [0.5, 0.6) is 5.75 Å². The summed E-state index contributed by atoms with van der Waals surface area (Å²) in [5.41, 5.74) is 5.21. The summed E-state index contributed by atoms with van der Waals surface area (Å²) >= 11 is 0. The standard InChI is InChI=1S/C19H26N4O2/c1-3-4-5-6-7-8-18(24)22-20-13-16-14-21-23-19(16)15-9-11-17(25-2)12-10-15/h9-14H,3-8H2,1-2H3,(H,21,23)(H,22,24). The molecule has 1 aromatic carbocycles. The number of H-pyrrole nitrogens is 1. The molecular formula is C19H26N4O2. The maximum atomic E-state index is 11.8. The van der Waals surface area contributed by atoms with Crippen LogP contribution < -0.4 is 10.2 Å². The van der Waals surface area contributed by atoms with Gasteiger partial charge in [-0.15, -0.1) is 0 Å². The molecule has 2 rings (SSSR count). The van der Waals surface area contributed by atoms with Gasteiger partial charge in [-0.1, -0.05) is 32.6 Å². The molecular weight excluding hydrogens is 316 g/mol. The zero-order valence-electron chi connectivity index (χ0n) is 14.9. The second kappa shape index (κ2) is 10.3. The Morgan fingerprint density at radius 3 is 2.72 bits per heavy atom. The van der Waals surface area contributed by atoms with Gasteiger partial charge in [0.05, 0.1) is 25.2 Å². The van der Waals surface area contributed by atoms with Crippen LogP contribution in [-0.2, 0) is 4.79 Å². The second-order valence-corrected chi connectivity index (χ2v) is 5.89. The lowest BCUT2D eigenvalue weighted by Crippen LogP contribution is -2.16. The van der Waals surface area contributed by atoms with Crippen molar-refractivity contribution in [3.05, 3.63) is 36.0 Å². The zero-order valence-corrected chi connectivity index (χ0v) is 14.9. The second-order valence-electron chi connectivity index (χ2n) is 5.89. The zero-order chi connectivity index (χ0) is 17.9. The fourth-order valence-corrected chi connectivity index (χ4v) is 2.50. The van der Waals surface area contributed by atoms with E-state index < -0.39 is 0 Å². The maximum Gasteiger partial charge on any atom is 0.240 e. The number of aromatic amines is 1. The van der Waals surface area contributed by atoms with Gasteiger partial charge in [0.15, 0.2) is 0 Å². The number of hydrazone groups is 1. The molecule has 0 aliphatic rings. The van der Waals surface area contributed by atoms with Gasteiger partial charge in [0.1, 0.15) is 5.75 Å². The number of rotatable bonds is 10. The highest BCUT2D eigenvalue weighted by Gasteiger charge is 2.06. The van der Waals surface area contributed by atoms with Gasteiger partial charge in [-0.3, -0.25) is 9.89 Å². The molecule has 0 saturated carbocycles. The van der Waals surface area contributed by atoms with Gasteiger partial charge in [0.25, 0.3) is 0 Å². The molecule has 2 N–H and O–H groups in total. The number of amides is 1. The number of carbonyl (C=O) groups is 1. The molecule has 0 spiro atoms. The molecule has 25 heavy (non-hydrogen) atoms. The monoisotopic (exact) mass is 342 g/mol. The van der Waals surface area contributed by atoms with Crippen LogP contribution in [0.15, 0.2) is 35.6 Å². The van der Waals surface area contributed by atoms with Crippen LogP contribution in [0.1, 0.15) is 51.0 Å². The van der Waals surface area contributed by atoms with Gasteiger partial charge in [-0.25, -0.2) is 5.43 Å².